The zero-order chi connectivity index (χ0) is 16.7. The van der Waals surface area contributed by atoms with Gasteiger partial charge in [0.25, 0.3) is 0 Å². The number of carbonyl (C=O) groups excluding carboxylic acids is 3. The summed E-state index contributed by atoms with van der Waals surface area (Å²) in [5.74, 6) is -0.0340. The van der Waals surface area contributed by atoms with Crippen molar-refractivity contribution in [2.75, 3.05) is 12.0 Å². The second-order valence-corrected chi connectivity index (χ2v) is 6.04. The SMILES string of the molecule is COc1ccc(N2C(C)=C(C(C)=O)[C@@H]3C[C@H]2C(=O)CC3=O)cc1. The van der Waals surface area contributed by atoms with E-state index in [9.17, 15) is 14.4 Å². The maximum absolute atomic E-state index is 12.3. The molecule has 5 nitrogen and oxygen atoms in total. The van der Waals surface area contributed by atoms with Gasteiger partial charge in [0.15, 0.2) is 11.6 Å². The molecule has 1 aliphatic heterocycles. The van der Waals surface area contributed by atoms with Crippen molar-refractivity contribution >= 4 is 23.0 Å². The number of rotatable bonds is 3. The van der Waals surface area contributed by atoms with Gasteiger partial charge in [-0.3, -0.25) is 14.4 Å². The van der Waals surface area contributed by atoms with Gasteiger partial charge in [-0.1, -0.05) is 0 Å². The predicted molar refractivity (Wildman–Crippen MR) is 85.4 cm³/mol. The Kier molecular flexibility index (Phi) is 3.80. The van der Waals surface area contributed by atoms with Crippen molar-refractivity contribution < 1.29 is 19.1 Å². The second kappa shape index (κ2) is 5.65. The highest BCUT2D eigenvalue weighted by Gasteiger charge is 2.46. The number of anilines is 1. The molecule has 3 rings (SSSR count). The zero-order valence-electron chi connectivity index (χ0n) is 13.5. The standard InChI is InChI=1S/C18H19NO4/c1-10-18(11(2)20)14-8-15(17(22)9-16(14)21)19(10)12-4-6-13(23-3)7-5-12/h4-7,14-15H,8-9H2,1-3H3/t14-,15+/m1/s1. The molecule has 1 fully saturated rings. The molecular weight excluding hydrogens is 294 g/mol. The van der Waals surface area contributed by atoms with Crippen molar-refractivity contribution in [3.05, 3.63) is 35.5 Å². The van der Waals surface area contributed by atoms with Crippen LogP contribution in [0.25, 0.3) is 0 Å². The number of allylic oxidation sites excluding steroid dienone is 2. The van der Waals surface area contributed by atoms with Gasteiger partial charge in [0.05, 0.1) is 25.5 Å². The highest BCUT2D eigenvalue weighted by atomic mass is 16.5. The van der Waals surface area contributed by atoms with Crippen LogP contribution < -0.4 is 9.64 Å². The number of ketones is 3. The molecular formula is C18H19NO4. The fourth-order valence-corrected chi connectivity index (χ4v) is 3.66. The van der Waals surface area contributed by atoms with Crippen LogP contribution >= 0.6 is 0 Å². The summed E-state index contributed by atoms with van der Waals surface area (Å²) in [6.45, 7) is 3.29. The summed E-state index contributed by atoms with van der Waals surface area (Å²) in [5.41, 5.74) is 2.06. The molecule has 0 amide bonds. The molecule has 1 aromatic carbocycles. The molecule has 1 aliphatic carbocycles. The molecule has 120 valence electrons. The first kappa shape index (κ1) is 15.5. The molecule has 1 heterocycles. The first-order valence-electron chi connectivity index (χ1n) is 7.64. The van der Waals surface area contributed by atoms with E-state index in [0.29, 0.717) is 17.7 Å². The van der Waals surface area contributed by atoms with Crippen molar-refractivity contribution in [2.45, 2.75) is 32.7 Å². The molecule has 1 saturated carbocycles. The molecule has 0 aromatic heterocycles. The number of Topliss-reactive ketones (excluding diaryl/α,β-unsaturated/α-hetero) is 3. The fraction of sp³-hybridized carbons (Fsp3) is 0.389. The first-order valence-corrected chi connectivity index (χ1v) is 7.64. The fourth-order valence-electron chi connectivity index (χ4n) is 3.66. The van der Waals surface area contributed by atoms with Crippen molar-refractivity contribution in [1.29, 1.82) is 0 Å². The first-order chi connectivity index (χ1) is 10.9. The lowest BCUT2D eigenvalue weighted by Gasteiger charge is -2.43. The monoisotopic (exact) mass is 313 g/mol. The third kappa shape index (κ3) is 2.46. The molecule has 0 saturated heterocycles. The van der Waals surface area contributed by atoms with Gasteiger partial charge in [0, 0.05) is 17.0 Å². The average molecular weight is 313 g/mol. The largest absolute Gasteiger partial charge is 0.497 e. The molecule has 0 N–H and O–H groups in total. The molecule has 0 spiro atoms. The second-order valence-electron chi connectivity index (χ2n) is 6.04. The highest BCUT2D eigenvalue weighted by molar-refractivity contribution is 6.12. The summed E-state index contributed by atoms with van der Waals surface area (Å²) in [6, 6.07) is 6.99. The number of ether oxygens (including phenoxy) is 1. The van der Waals surface area contributed by atoms with Crippen LogP contribution in [-0.2, 0) is 14.4 Å². The van der Waals surface area contributed by atoms with Crippen LogP contribution in [0.3, 0.4) is 0 Å². The molecule has 2 aliphatic rings. The van der Waals surface area contributed by atoms with Gasteiger partial charge in [0.2, 0.25) is 0 Å². The normalized spacial score (nSPS) is 24.0. The number of methoxy groups -OCH3 is 1. The van der Waals surface area contributed by atoms with Crippen LogP contribution in [-0.4, -0.2) is 30.5 Å². The minimum absolute atomic E-state index is 0.0796. The van der Waals surface area contributed by atoms with Gasteiger partial charge >= 0.3 is 0 Å². The van der Waals surface area contributed by atoms with E-state index in [1.807, 2.05) is 36.1 Å². The Morgan fingerprint density at radius 3 is 2.39 bits per heavy atom. The third-order valence-electron chi connectivity index (χ3n) is 4.71. The Labute approximate surface area is 134 Å². The van der Waals surface area contributed by atoms with E-state index in [4.69, 9.17) is 4.74 Å². The van der Waals surface area contributed by atoms with Gasteiger partial charge in [-0.2, -0.15) is 0 Å². The van der Waals surface area contributed by atoms with E-state index in [1.165, 1.54) is 6.92 Å². The molecule has 1 aromatic rings. The van der Waals surface area contributed by atoms with Gasteiger partial charge in [-0.05, 0) is 44.5 Å². The summed E-state index contributed by atoms with van der Waals surface area (Å²) < 4.78 is 5.16. The van der Waals surface area contributed by atoms with E-state index in [-0.39, 0.29) is 29.8 Å². The Morgan fingerprint density at radius 1 is 1.17 bits per heavy atom. The number of benzene rings is 1. The topological polar surface area (TPSA) is 63.7 Å². The maximum Gasteiger partial charge on any atom is 0.162 e. The molecule has 2 atom stereocenters. The number of hydrogen-bond donors (Lipinski definition) is 0. The Morgan fingerprint density at radius 2 is 1.83 bits per heavy atom. The molecule has 0 unspecified atom stereocenters. The Hall–Kier alpha value is -2.43. The van der Waals surface area contributed by atoms with E-state index in [2.05, 4.69) is 0 Å². The van der Waals surface area contributed by atoms with Gasteiger partial charge in [0.1, 0.15) is 11.5 Å². The minimum atomic E-state index is -0.440. The minimum Gasteiger partial charge on any atom is -0.497 e. The van der Waals surface area contributed by atoms with Crippen LogP contribution in [0.5, 0.6) is 5.75 Å². The zero-order valence-corrected chi connectivity index (χ0v) is 13.5. The maximum atomic E-state index is 12.3. The number of carbonyl (C=O) groups is 3. The summed E-state index contributed by atoms with van der Waals surface area (Å²) in [5, 5.41) is 0. The number of nitrogens with zero attached hydrogens (tertiary/aromatic N) is 1. The van der Waals surface area contributed by atoms with Crippen molar-refractivity contribution in [3.8, 4) is 5.75 Å². The molecule has 23 heavy (non-hydrogen) atoms. The van der Waals surface area contributed by atoms with Crippen LogP contribution in [0, 0.1) is 5.92 Å². The lowest BCUT2D eigenvalue weighted by molar-refractivity contribution is -0.134. The summed E-state index contributed by atoms with van der Waals surface area (Å²) in [4.78, 5) is 38.5. The smallest absolute Gasteiger partial charge is 0.162 e. The summed E-state index contributed by atoms with van der Waals surface area (Å²) in [6.07, 6.45) is 0.294. The Balaban J connectivity index is 2.12. The van der Waals surface area contributed by atoms with E-state index < -0.39 is 5.92 Å². The number of fused-ring (bicyclic) bond motifs is 2. The third-order valence-corrected chi connectivity index (χ3v) is 4.71. The lowest BCUT2D eigenvalue weighted by Crippen LogP contribution is -2.52. The highest BCUT2D eigenvalue weighted by Crippen LogP contribution is 2.40. The van der Waals surface area contributed by atoms with Crippen molar-refractivity contribution in [1.82, 2.24) is 0 Å². The van der Waals surface area contributed by atoms with Gasteiger partial charge in [-0.25, -0.2) is 0 Å². The number of hydrogen-bond acceptors (Lipinski definition) is 5. The Bertz CT molecular complexity index is 717. The van der Waals surface area contributed by atoms with Crippen LogP contribution in [0.1, 0.15) is 26.7 Å². The average Bonchev–Trinajstić information content (AvgIpc) is 2.52. The molecule has 0 radical (unpaired) electrons. The summed E-state index contributed by atoms with van der Waals surface area (Å²) >= 11 is 0. The van der Waals surface area contributed by atoms with Crippen LogP contribution in [0.2, 0.25) is 0 Å². The van der Waals surface area contributed by atoms with Gasteiger partial charge in [-0.15, -0.1) is 0 Å². The quantitative estimate of drug-likeness (QED) is 0.801. The van der Waals surface area contributed by atoms with Crippen LogP contribution in [0.15, 0.2) is 35.5 Å². The van der Waals surface area contributed by atoms with E-state index in [1.54, 1.807) is 7.11 Å². The molecule has 2 bridgehead atoms. The predicted octanol–water partition coefficient (Wildman–Crippen LogP) is 2.29. The van der Waals surface area contributed by atoms with Crippen molar-refractivity contribution in [2.24, 2.45) is 5.92 Å². The lowest BCUT2D eigenvalue weighted by atomic mass is 9.73. The molecule has 5 heteroatoms. The van der Waals surface area contributed by atoms with Gasteiger partial charge < -0.3 is 9.64 Å². The van der Waals surface area contributed by atoms with E-state index in [0.717, 1.165) is 11.4 Å². The van der Waals surface area contributed by atoms with E-state index >= 15 is 0 Å². The van der Waals surface area contributed by atoms with Crippen LogP contribution in [0.4, 0.5) is 5.69 Å². The summed E-state index contributed by atoms with van der Waals surface area (Å²) in [7, 11) is 1.59. The van der Waals surface area contributed by atoms with Crippen molar-refractivity contribution in [3.63, 3.8) is 0 Å².